The van der Waals surface area contributed by atoms with Crippen LogP contribution in [-0.4, -0.2) is 22.9 Å². The Morgan fingerprint density at radius 2 is 1.83 bits per heavy atom. The molecule has 6 heteroatoms. The molecule has 6 nitrogen and oxygen atoms in total. The van der Waals surface area contributed by atoms with Gasteiger partial charge in [0.25, 0.3) is 5.91 Å². The van der Waals surface area contributed by atoms with Gasteiger partial charge in [0.15, 0.2) is 0 Å². The molecule has 2 bridgehead atoms. The number of carboxylic acid groups (broad SMARTS) is 1. The fraction of sp³-hybridized carbons (Fsp3) is 0.583. The van der Waals surface area contributed by atoms with Gasteiger partial charge in [-0.05, 0) is 31.1 Å². The molecule has 98 valence electrons. The smallest absolute Gasteiger partial charge is 0.328 e. The Morgan fingerprint density at radius 3 is 2.39 bits per heavy atom. The van der Waals surface area contributed by atoms with Gasteiger partial charge in [-0.2, -0.15) is 0 Å². The van der Waals surface area contributed by atoms with Gasteiger partial charge in [-0.1, -0.05) is 6.42 Å². The molecule has 0 aromatic heterocycles. The lowest BCUT2D eigenvalue weighted by Crippen LogP contribution is -2.45. The van der Waals surface area contributed by atoms with Crippen LogP contribution >= 0.6 is 0 Å². The number of hydrazine groups is 1. The Morgan fingerprint density at radius 1 is 1.06 bits per heavy atom. The molecular weight excluding hydrogens is 236 g/mol. The van der Waals surface area contributed by atoms with E-state index in [1.54, 1.807) is 0 Å². The first-order valence-corrected chi connectivity index (χ1v) is 6.07. The van der Waals surface area contributed by atoms with Crippen molar-refractivity contribution in [2.24, 2.45) is 17.8 Å². The summed E-state index contributed by atoms with van der Waals surface area (Å²) in [5, 5.41) is 8.33. The molecular formula is C12H16N2O4. The van der Waals surface area contributed by atoms with Crippen LogP contribution in [0.15, 0.2) is 12.2 Å². The molecule has 3 unspecified atom stereocenters. The minimum atomic E-state index is -1.20. The molecule has 3 N–H and O–H groups in total. The molecule has 0 aromatic rings. The quantitative estimate of drug-likeness (QED) is 0.494. The molecule has 2 aliphatic rings. The molecule has 18 heavy (non-hydrogen) atoms. The highest BCUT2D eigenvalue weighted by Gasteiger charge is 2.43. The molecule has 2 fully saturated rings. The number of carbonyl (C=O) groups is 3. The standard InChI is InChI=1S/C12H16N2O4/c15-10(3-4-11(16)17)13-14-12(18)9-6-7-1-2-8(9)5-7/h3-4,7-9H,1-2,5-6H2,(H,13,15)(H,14,18)(H,16,17)/b4-3+. The predicted octanol–water partition coefficient (Wildman–Crippen LogP) is 0.211. The largest absolute Gasteiger partial charge is 0.478 e. The Hall–Kier alpha value is -1.85. The topological polar surface area (TPSA) is 95.5 Å². The van der Waals surface area contributed by atoms with Gasteiger partial charge < -0.3 is 5.11 Å². The van der Waals surface area contributed by atoms with Gasteiger partial charge in [-0.25, -0.2) is 4.79 Å². The Bertz CT molecular complexity index is 405. The third-order valence-corrected chi connectivity index (χ3v) is 3.76. The Labute approximate surface area is 104 Å². The molecule has 0 aliphatic heterocycles. The molecule has 2 aliphatic carbocycles. The summed E-state index contributed by atoms with van der Waals surface area (Å²) in [6, 6.07) is 0. The minimum Gasteiger partial charge on any atom is -0.478 e. The van der Waals surface area contributed by atoms with E-state index in [9.17, 15) is 14.4 Å². The summed E-state index contributed by atoms with van der Waals surface area (Å²) in [5.74, 6) is -0.917. The summed E-state index contributed by atoms with van der Waals surface area (Å²) in [6.45, 7) is 0. The molecule has 0 spiro atoms. The summed E-state index contributed by atoms with van der Waals surface area (Å²) in [7, 11) is 0. The first kappa shape index (κ1) is 12.6. The van der Waals surface area contributed by atoms with Crippen LogP contribution in [0.4, 0.5) is 0 Å². The highest BCUT2D eigenvalue weighted by molar-refractivity contribution is 5.95. The first-order chi connectivity index (χ1) is 8.56. The SMILES string of the molecule is O=C(O)/C=C/C(=O)NNC(=O)C1CC2CCC1C2. The van der Waals surface area contributed by atoms with Crippen molar-refractivity contribution in [2.75, 3.05) is 0 Å². The van der Waals surface area contributed by atoms with Crippen molar-refractivity contribution >= 4 is 17.8 Å². The lowest BCUT2D eigenvalue weighted by molar-refractivity contribution is -0.131. The van der Waals surface area contributed by atoms with Crippen LogP contribution in [-0.2, 0) is 14.4 Å². The van der Waals surface area contributed by atoms with E-state index in [0.29, 0.717) is 11.8 Å². The number of hydrogen-bond donors (Lipinski definition) is 3. The van der Waals surface area contributed by atoms with Gasteiger partial charge in [-0.3, -0.25) is 20.4 Å². The number of hydrogen-bond acceptors (Lipinski definition) is 3. The van der Waals surface area contributed by atoms with Crippen LogP contribution in [0.2, 0.25) is 0 Å². The molecule has 0 heterocycles. The third kappa shape index (κ3) is 2.88. The maximum Gasteiger partial charge on any atom is 0.328 e. The lowest BCUT2D eigenvalue weighted by atomic mass is 9.88. The Balaban J connectivity index is 1.75. The van der Waals surface area contributed by atoms with Crippen LogP contribution in [0.5, 0.6) is 0 Å². The summed E-state index contributed by atoms with van der Waals surface area (Å²) >= 11 is 0. The van der Waals surface area contributed by atoms with Gasteiger partial charge in [0.1, 0.15) is 0 Å². The van der Waals surface area contributed by atoms with Crippen molar-refractivity contribution in [1.29, 1.82) is 0 Å². The van der Waals surface area contributed by atoms with Crippen LogP contribution in [0.25, 0.3) is 0 Å². The number of carboxylic acids is 1. The van der Waals surface area contributed by atoms with Crippen LogP contribution in [0.3, 0.4) is 0 Å². The summed E-state index contributed by atoms with van der Waals surface area (Å²) in [4.78, 5) is 33.1. The predicted molar refractivity (Wildman–Crippen MR) is 62.0 cm³/mol. The van der Waals surface area contributed by atoms with E-state index in [0.717, 1.165) is 31.4 Å². The monoisotopic (exact) mass is 252 g/mol. The van der Waals surface area contributed by atoms with E-state index in [1.807, 2.05) is 0 Å². The van der Waals surface area contributed by atoms with E-state index in [2.05, 4.69) is 10.9 Å². The van der Waals surface area contributed by atoms with E-state index in [4.69, 9.17) is 5.11 Å². The highest BCUT2D eigenvalue weighted by Crippen LogP contribution is 2.48. The van der Waals surface area contributed by atoms with Crippen molar-refractivity contribution in [3.8, 4) is 0 Å². The fourth-order valence-electron chi connectivity index (χ4n) is 2.97. The molecule has 0 radical (unpaired) electrons. The zero-order valence-electron chi connectivity index (χ0n) is 9.89. The number of carbonyl (C=O) groups excluding carboxylic acids is 2. The maximum atomic E-state index is 11.8. The lowest BCUT2D eigenvalue weighted by Gasteiger charge is -2.20. The van der Waals surface area contributed by atoms with Crippen molar-refractivity contribution in [2.45, 2.75) is 25.7 Å². The summed E-state index contributed by atoms with van der Waals surface area (Å²) in [6.07, 6.45) is 5.91. The third-order valence-electron chi connectivity index (χ3n) is 3.76. The number of rotatable bonds is 3. The average molecular weight is 252 g/mol. The number of amides is 2. The van der Waals surface area contributed by atoms with Crippen molar-refractivity contribution in [3.05, 3.63) is 12.2 Å². The van der Waals surface area contributed by atoms with E-state index in [-0.39, 0.29) is 11.8 Å². The van der Waals surface area contributed by atoms with Gasteiger partial charge in [-0.15, -0.1) is 0 Å². The van der Waals surface area contributed by atoms with Crippen LogP contribution in [0.1, 0.15) is 25.7 Å². The molecule has 2 saturated carbocycles. The number of aliphatic carboxylic acids is 1. The van der Waals surface area contributed by atoms with Crippen molar-refractivity contribution in [1.82, 2.24) is 10.9 Å². The average Bonchev–Trinajstić information content (AvgIpc) is 2.95. The Kier molecular flexibility index (Phi) is 3.64. The normalized spacial score (nSPS) is 29.4. The number of nitrogens with one attached hydrogen (secondary N) is 2. The number of fused-ring (bicyclic) bond motifs is 2. The van der Waals surface area contributed by atoms with E-state index < -0.39 is 11.9 Å². The summed E-state index contributed by atoms with van der Waals surface area (Å²) in [5.41, 5.74) is 4.54. The second kappa shape index (κ2) is 5.20. The van der Waals surface area contributed by atoms with E-state index in [1.165, 1.54) is 6.42 Å². The van der Waals surface area contributed by atoms with Gasteiger partial charge in [0, 0.05) is 18.1 Å². The zero-order chi connectivity index (χ0) is 13.1. The molecule has 0 saturated heterocycles. The van der Waals surface area contributed by atoms with Gasteiger partial charge >= 0.3 is 5.97 Å². The summed E-state index contributed by atoms with van der Waals surface area (Å²) < 4.78 is 0. The highest BCUT2D eigenvalue weighted by atomic mass is 16.4. The molecule has 2 amide bonds. The fourth-order valence-corrected chi connectivity index (χ4v) is 2.97. The molecule has 0 aromatic carbocycles. The van der Waals surface area contributed by atoms with Gasteiger partial charge in [0.05, 0.1) is 0 Å². The van der Waals surface area contributed by atoms with E-state index >= 15 is 0 Å². The van der Waals surface area contributed by atoms with Gasteiger partial charge in [0.2, 0.25) is 5.91 Å². The molecule has 2 rings (SSSR count). The second-order valence-corrected chi connectivity index (χ2v) is 4.93. The first-order valence-electron chi connectivity index (χ1n) is 6.07. The van der Waals surface area contributed by atoms with Crippen LogP contribution in [0, 0.1) is 17.8 Å². The second-order valence-electron chi connectivity index (χ2n) is 4.93. The van der Waals surface area contributed by atoms with Crippen molar-refractivity contribution < 1.29 is 19.5 Å². The van der Waals surface area contributed by atoms with Crippen LogP contribution < -0.4 is 10.9 Å². The maximum absolute atomic E-state index is 11.8. The molecule has 3 atom stereocenters. The van der Waals surface area contributed by atoms with Crippen molar-refractivity contribution in [3.63, 3.8) is 0 Å². The zero-order valence-corrected chi connectivity index (χ0v) is 9.89. The minimum absolute atomic E-state index is 0.00694.